The molecule has 1 aromatic carbocycles. The molecule has 1 fully saturated rings. The van der Waals surface area contributed by atoms with Crippen LogP contribution in [0.5, 0.6) is 0 Å². The Bertz CT molecular complexity index is 932. The third-order valence-electron chi connectivity index (χ3n) is 4.62. The van der Waals surface area contributed by atoms with Crippen LogP contribution in [0.2, 0.25) is 5.02 Å². The van der Waals surface area contributed by atoms with E-state index in [-0.39, 0.29) is 11.8 Å². The van der Waals surface area contributed by atoms with Crippen LogP contribution in [0.1, 0.15) is 12.8 Å². The molecule has 4 rings (SSSR count). The second-order valence-electron chi connectivity index (χ2n) is 6.11. The van der Waals surface area contributed by atoms with Crippen molar-refractivity contribution in [2.45, 2.75) is 12.8 Å². The van der Waals surface area contributed by atoms with E-state index >= 15 is 0 Å². The van der Waals surface area contributed by atoms with Gasteiger partial charge in [-0.15, -0.1) is 0 Å². The number of primary amides is 1. The molecule has 128 valence electrons. The van der Waals surface area contributed by atoms with E-state index in [4.69, 9.17) is 17.3 Å². The maximum Gasteiger partial charge on any atom is 0.220 e. The van der Waals surface area contributed by atoms with Gasteiger partial charge in [-0.25, -0.2) is 14.6 Å². The van der Waals surface area contributed by atoms with E-state index in [2.05, 4.69) is 20.0 Å². The fraction of sp³-hybridized carbons (Fsp3) is 0.294. The van der Waals surface area contributed by atoms with Crippen molar-refractivity contribution < 1.29 is 4.79 Å². The van der Waals surface area contributed by atoms with Crippen molar-refractivity contribution in [2.24, 2.45) is 11.7 Å². The summed E-state index contributed by atoms with van der Waals surface area (Å²) in [6, 6.07) is 7.50. The molecule has 0 radical (unpaired) electrons. The standard InChI is InChI=1S/C17H17ClN6O/c18-13-3-1-2-4-14(13)24-17-12(9-22-24)16(20-10-21-17)23-7-5-11(6-8-23)15(19)25/h1-4,9-11H,5-8H2,(H2,19,25). The summed E-state index contributed by atoms with van der Waals surface area (Å²) in [5, 5.41) is 5.92. The predicted molar refractivity (Wildman–Crippen MR) is 95.8 cm³/mol. The van der Waals surface area contributed by atoms with E-state index < -0.39 is 0 Å². The summed E-state index contributed by atoms with van der Waals surface area (Å²) in [6.45, 7) is 1.47. The quantitative estimate of drug-likeness (QED) is 0.776. The van der Waals surface area contributed by atoms with Crippen LogP contribution in [0.25, 0.3) is 16.7 Å². The van der Waals surface area contributed by atoms with Crippen molar-refractivity contribution in [1.82, 2.24) is 19.7 Å². The van der Waals surface area contributed by atoms with Gasteiger partial charge in [0.15, 0.2) is 5.65 Å². The average molecular weight is 357 g/mol. The first kappa shape index (κ1) is 15.8. The fourth-order valence-corrected chi connectivity index (χ4v) is 3.48. The Morgan fingerprint density at radius 1 is 1.20 bits per heavy atom. The molecule has 7 nitrogen and oxygen atoms in total. The molecule has 1 amide bonds. The molecule has 0 atom stereocenters. The van der Waals surface area contributed by atoms with Gasteiger partial charge in [-0.2, -0.15) is 5.10 Å². The van der Waals surface area contributed by atoms with Crippen molar-refractivity contribution in [3.8, 4) is 5.69 Å². The lowest BCUT2D eigenvalue weighted by molar-refractivity contribution is -0.122. The highest BCUT2D eigenvalue weighted by Gasteiger charge is 2.25. The highest BCUT2D eigenvalue weighted by Crippen LogP contribution is 2.29. The summed E-state index contributed by atoms with van der Waals surface area (Å²) in [7, 11) is 0. The van der Waals surface area contributed by atoms with Gasteiger partial charge in [-0.1, -0.05) is 23.7 Å². The lowest BCUT2D eigenvalue weighted by Crippen LogP contribution is -2.39. The minimum absolute atomic E-state index is 0.0561. The number of benzene rings is 1. The SMILES string of the molecule is NC(=O)C1CCN(c2ncnc3c2cnn3-c2ccccc2Cl)CC1. The van der Waals surface area contributed by atoms with Gasteiger partial charge in [0.25, 0.3) is 0 Å². The maximum absolute atomic E-state index is 11.4. The predicted octanol–water partition coefficient (Wildman–Crippen LogP) is 2.17. The minimum atomic E-state index is -0.223. The van der Waals surface area contributed by atoms with Gasteiger partial charge >= 0.3 is 0 Å². The molecule has 0 saturated carbocycles. The molecular weight excluding hydrogens is 340 g/mol. The lowest BCUT2D eigenvalue weighted by Gasteiger charge is -2.31. The number of para-hydroxylation sites is 1. The number of carbonyl (C=O) groups is 1. The van der Waals surface area contributed by atoms with Crippen LogP contribution in [0.4, 0.5) is 5.82 Å². The Hall–Kier alpha value is -2.67. The number of aromatic nitrogens is 4. The van der Waals surface area contributed by atoms with E-state index in [1.54, 1.807) is 10.9 Å². The van der Waals surface area contributed by atoms with Crippen LogP contribution in [-0.4, -0.2) is 38.7 Å². The van der Waals surface area contributed by atoms with Crippen LogP contribution in [0, 0.1) is 5.92 Å². The molecule has 1 aliphatic rings. The summed E-state index contributed by atoms with van der Waals surface area (Å²) >= 11 is 6.29. The van der Waals surface area contributed by atoms with Crippen molar-refractivity contribution in [1.29, 1.82) is 0 Å². The number of carbonyl (C=O) groups excluding carboxylic acids is 1. The third-order valence-corrected chi connectivity index (χ3v) is 4.94. The van der Waals surface area contributed by atoms with Crippen LogP contribution in [0.3, 0.4) is 0 Å². The van der Waals surface area contributed by atoms with Crippen LogP contribution in [-0.2, 0) is 4.79 Å². The molecule has 3 aromatic rings. The normalized spacial score (nSPS) is 15.6. The van der Waals surface area contributed by atoms with Gasteiger partial charge in [0.2, 0.25) is 5.91 Å². The number of piperidine rings is 1. The molecule has 3 heterocycles. The molecule has 0 spiro atoms. The molecule has 2 N–H and O–H groups in total. The van der Waals surface area contributed by atoms with Crippen LogP contribution >= 0.6 is 11.6 Å². The lowest BCUT2D eigenvalue weighted by atomic mass is 9.96. The number of nitrogens with two attached hydrogens (primary N) is 1. The largest absolute Gasteiger partial charge is 0.369 e. The van der Waals surface area contributed by atoms with E-state index in [1.807, 2.05) is 24.3 Å². The number of nitrogens with zero attached hydrogens (tertiary/aromatic N) is 5. The first-order chi connectivity index (χ1) is 12.1. The Kier molecular flexibility index (Phi) is 4.01. The molecule has 1 aliphatic heterocycles. The molecule has 1 saturated heterocycles. The highest BCUT2D eigenvalue weighted by atomic mass is 35.5. The zero-order chi connectivity index (χ0) is 17.4. The molecular formula is C17H17ClN6O. The van der Waals surface area contributed by atoms with Gasteiger partial charge in [-0.05, 0) is 25.0 Å². The Morgan fingerprint density at radius 3 is 2.68 bits per heavy atom. The van der Waals surface area contributed by atoms with Gasteiger partial charge in [0, 0.05) is 19.0 Å². The molecule has 0 bridgehead atoms. The summed E-state index contributed by atoms with van der Waals surface area (Å²) in [6.07, 6.45) is 4.76. The molecule has 0 aliphatic carbocycles. The first-order valence-corrected chi connectivity index (χ1v) is 8.51. The zero-order valence-corrected chi connectivity index (χ0v) is 14.2. The summed E-state index contributed by atoms with van der Waals surface area (Å²) < 4.78 is 1.72. The summed E-state index contributed by atoms with van der Waals surface area (Å²) in [4.78, 5) is 22.3. The second-order valence-corrected chi connectivity index (χ2v) is 6.51. The average Bonchev–Trinajstić information content (AvgIpc) is 3.06. The number of fused-ring (bicyclic) bond motifs is 1. The van der Waals surface area contributed by atoms with Crippen LogP contribution in [0.15, 0.2) is 36.8 Å². The highest BCUT2D eigenvalue weighted by molar-refractivity contribution is 6.32. The van der Waals surface area contributed by atoms with Gasteiger partial charge in [-0.3, -0.25) is 4.79 Å². The maximum atomic E-state index is 11.4. The number of halogens is 1. The van der Waals surface area contributed by atoms with Crippen molar-refractivity contribution in [3.05, 3.63) is 41.8 Å². The smallest absolute Gasteiger partial charge is 0.220 e. The topological polar surface area (TPSA) is 89.9 Å². The monoisotopic (exact) mass is 356 g/mol. The molecule has 25 heavy (non-hydrogen) atoms. The summed E-state index contributed by atoms with van der Waals surface area (Å²) in [5.74, 6) is 0.546. The number of amides is 1. The van der Waals surface area contributed by atoms with E-state index in [0.717, 1.165) is 42.8 Å². The first-order valence-electron chi connectivity index (χ1n) is 8.13. The van der Waals surface area contributed by atoms with E-state index in [9.17, 15) is 4.79 Å². The second kappa shape index (κ2) is 6.33. The van der Waals surface area contributed by atoms with Crippen molar-refractivity contribution >= 4 is 34.4 Å². The number of hydrogen-bond acceptors (Lipinski definition) is 5. The minimum Gasteiger partial charge on any atom is -0.369 e. The van der Waals surface area contributed by atoms with Crippen LogP contribution < -0.4 is 10.6 Å². The zero-order valence-electron chi connectivity index (χ0n) is 13.5. The van der Waals surface area contributed by atoms with Gasteiger partial charge in [0.05, 0.1) is 22.3 Å². The Morgan fingerprint density at radius 2 is 1.96 bits per heavy atom. The Labute approximate surface area is 149 Å². The number of anilines is 1. The third kappa shape index (κ3) is 2.80. The Balaban J connectivity index is 1.71. The van der Waals surface area contributed by atoms with Gasteiger partial charge < -0.3 is 10.6 Å². The van der Waals surface area contributed by atoms with E-state index in [0.29, 0.717) is 10.7 Å². The molecule has 8 heteroatoms. The number of hydrogen-bond donors (Lipinski definition) is 1. The number of rotatable bonds is 3. The van der Waals surface area contributed by atoms with E-state index in [1.165, 1.54) is 6.33 Å². The van der Waals surface area contributed by atoms with Crippen molar-refractivity contribution in [2.75, 3.05) is 18.0 Å². The molecule has 2 aromatic heterocycles. The molecule has 0 unspecified atom stereocenters. The van der Waals surface area contributed by atoms with Gasteiger partial charge in [0.1, 0.15) is 12.1 Å². The summed E-state index contributed by atoms with van der Waals surface area (Å²) in [5.41, 5.74) is 6.89. The fourth-order valence-electron chi connectivity index (χ4n) is 3.26. The van der Waals surface area contributed by atoms with Crippen molar-refractivity contribution in [3.63, 3.8) is 0 Å².